The molecule has 0 bridgehead atoms. The molecule has 0 fully saturated rings. The average molecular weight is 378 g/mol. The molecule has 1 aromatic heterocycles. The van der Waals surface area contributed by atoms with Gasteiger partial charge in [0.2, 0.25) is 0 Å². The Morgan fingerprint density at radius 1 is 1.19 bits per heavy atom. The maximum atomic E-state index is 13.9. The Labute approximate surface area is 159 Å². The van der Waals surface area contributed by atoms with Crippen LogP contribution in [-0.4, -0.2) is 24.2 Å². The zero-order valence-corrected chi connectivity index (χ0v) is 16.4. The third kappa shape index (κ3) is 5.52. The summed E-state index contributed by atoms with van der Waals surface area (Å²) in [6, 6.07) is 3.67. The van der Waals surface area contributed by atoms with Gasteiger partial charge >= 0.3 is 0 Å². The minimum atomic E-state index is -0.571. The molecular formula is C20H28F2N4O. The number of hydrogen-bond acceptors (Lipinski definition) is 3. The summed E-state index contributed by atoms with van der Waals surface area (Å²) >= 11 is 0. The lowest BCUT2D eigenvalue weighted by molar-refractivity contribution is 0.380. The van der Waals surface area contributed by atoms with Gasteiger partial charge < -0.3 is 15.2 Å². The lowest BCUT2D eigenvalue weighted by Crippen LogP contribution is -2.39. The molecule has 1 heterocycles. The fourth-order valence-electron chi connectivity index (χ4n) is 2.88. The van der Waals surface area contributed by atoms with E-state index in [0.717, 1.165) is 35.9 Å². The Kier molecular flexibility index (Phi) is 7.76. The zero-order valence-electron chi connectivity index (χ0n) is 16.4. The van der Waals surface area contributed by atoms with Crippen molar-refractivity contribution < 1.29 is 13.3 Å². The second-order valence-corrected chi connectivity index (χ2v) is 6.38. The van der Waals surface area contributed by atoms with E-state index < -0.39 is 11.6 Å². The van der Waals surface area contributed by atoms with E-state index in [2.05, 4.69) is 20.8 Å². The van der Waals surface area contributed by atoms with Crippen LogP contribution in [0, 0.1) is 11.6 Å². The van der Waals surface area contributed by atoms with E-state index in [-0.39, 0.29) is 5.92 Å². The normalized spacial score (nSPS) is 12.9. The molecule has 0 saturated heterocycles. The fraction of sp³-hybridized carbons (Fsp3) is 0.500. The van der Waals surface area contributed by atoms with Crippen LogP contribution in [-0.2, 0) is 19.4 Å². The average Bonchev–Trinajstić information content (AvgIpc) is 3.05. The van der Waals surface area contributed by atoms with Gasteiger partial charge in [-0.25, -0.2) is 13.8 Å². The molecular weight excluding hydrogens is 350 g/mol. The summed E-state index contributed by atoms with van der Waals surface area (Å²) in [5, 5.41) is 10.5. The fourth-order valence-corrected chi connectivity index (χ4v) is 2.88. The summed E-state index contributed by atoms with van der Waals surface area (Å²) in [4.78, 5) is 4.62. The molecule has 27 heavy (non-hydrogen) atoms. The van der Waals surface area contributed by atoms with Crippen molar-refractivity contribution in [3.63, 3.8) is 0 Å². The number of aryl methyl sites for hydroxylation is 2. The van der Waals surface area contributed by atoms with E-state index in [4.69, 9.17) is 4.52 Å². The highest BCUT2D eigenvalue weighted by molar-refractivity contribution is 5.79. The molecule has 0 aliphatic rings. The van der Waals surface area contributed by atoms with Gasteiger partial charge in [0.05, 0.1) is 12.2 Å². The Morgan fingerprint density at radius 3 is 2.59 bits per heavy atom. The third-order valence-corrected chi connectivity index (χ3v) is 4.42. The molecule has 7 heteroatoms. The van der Waals surface area contributed by atoms with E-state index in [1.165, 1.54) is 12.1 Å². The van der Waals surface area contributed by atoms with E-state index in [0.29, 0.717) is 31.2 Å². The molecule has 1 unspecified atom stereocenters. The maximum absolute atomic E-state index is 13.9. The molecule has 0 amide bonds. The first-order chi connectivity index (χ1) is 13.0. The molecule has 2 aromatic rings. The lowest BCUT2D eigenvalue weighted by atomic mass is 10.0. The van der Waals surface area contributed by atoms with Crippen molar-refractivity contribution in [2.24, 2.45) is 4.99 Å². The molecule has 0 radical (unpaired) electrons. The molecule has 0 saturated carbocycles. The van der Waals surface area contributed by atoms with Crippen molar-refractivity contribution in [2.45, 2.75) is 53.0 Å². The Balaban J connectivity index is 2.06. The van der Waals surface area contributed by atoms with Gasteiger partial charge in [0.25, 0.3) is 0 Å². The van der Waals surface area contributed by atoms with Crippen LogP contribution in [0.15, 0.2) is 27.7 Å². The van der Waals surface area contributed by atoms with Gasteiger partial charge in [0.15, 0.2) is 5.96 Å². The standard InChI is InChI=1S/C20H28F2N4O/c1-5-18-16(19(6-2)27-26-18)12-25-20(23-7-3)24-11-13(4)15-9-8-14(21)10-17(15)22/h8-10,13H,5-7,11-12H2,1-4H3,(H2,23,24,25). The van der Waals surface area contributed by atoms with E-state index in [9.17, 15) is 8.78 Å². The highest BCUT2D eigenvalue weighted by Crippen LogP contribution is 2.19. The molecule has 5 nitrogen and oxygen atoms in total. The molecule has 2 N–H and O–H groups in total. The minimum absolute atomic E-state index is 0.137. The van der Waals surface area contributed by atoms with Gasteiger partial charge in [0, 0.05) is 37.1 Å². The van der Waals surface area contributed by atoms with Crippen LogP contribution in [0.2, 0.25) is 0 Å². The molecule has 148 valence electrons. The first-order valence-electron chi connectivity index (χ1n) is 9.43. The SMILES string of the molecule is CCNC(=NCc1c(CC)noc1CC)NCC(C)c1ccc(F)cc1F. The van der Waals surface area contributed by atoms with Gasteiger partial charge in [0.1, 0.15) is 17.4 Å². The quantitative estimate of drug-likeness (QED) is 0.540. The summed E-state index contributed by atoms with van der Waals surface area (Å²) in [5.41, 5.74) is 2.42. The number of nitrogens with one attached hydrogen (secondary N) is 2. The Hall–Kier alpha value is -2.44. The largest absolute Gasteiger partial charge is 0.361 e. The van der Waals surface area contributed by atoms with Gasteiger partial charge in [-0.15, -0.1) is 0 Å². The van der Waals surface area contributed by atoms with Crippen molar-refractivity contribution in [3.8, 4) is 0 Å². The van der Waals surface area contributed by atoms with Crippen LogP contribution in [0.4, 0.5) is 8.78 Å². The number of halogens is 2. The van der Waals surface area contributed by atoms with Crippen molar-refractivity contribution in [2.75, 3.05) is 13.1 Å². The van der Waals surface area contributed by atoms with Crippen LogP contribution in [0.1, 0.15) is 56.2 Å². The van der Waals surface area contributed by atoms with Crippen molar-refractivity contribution >= 4 is 5.96 Å². The molecule has 1 atom stereocenters. The van der Waals surface area contributed by atoms with Crippen LogP contribution in [0.5, 0.6) is 0 Å². The number of rotatable bonds is 8. The van der Waals surface area contributed by atoms with E-state index in [1.54, 1.807) is 0 Å². The topological polar surface area (TPSA) is 62.5 Å². The number of benzene rings is 1. The summed E-state index contributed by atoms with van der Waals surface area (Å²) in [5.74, 6) is 0.252. The number of guanidine groups is 1. The van der Waals surface area contributed by atoms with E-state index >= 15 is 0 Å². The predicted molar refractivity (Wildman–Crippen MR) is 103 cm³/mol. The second kappa shape index (κ2) is 10.0. The van der Waals surface area contributed by atoms with Crippen LogP contribution in [0.3, 0.4) is 0 Å². The Bertz CT molecular complexity index is 752. The first kappa shape index (κ1) is 20.9. The summed E-state index contributed by atoms with van der Waals surface area (Å²) in [7, 11) is 0. The van der Waals surface area contributed by atoms with Crippen LogP contribution in [0.25, 0.3) is 0 Å². The maximum Gasteiger partial charge on any atom is 0.191 e. The third-order valence-electron chi connectivity index (χ3n) is 4.42. The second-order valence-electron chi connectivity index (χ2n) is 6.38. The molecule has 0 aliphatic heterocycles. The van der Waals surface area contributed by atoms with Gasteiger partial charge in [-0.3, -0.25) is 0 Å². The number of aromatic nitrogens is 1. The van der Waals surface area contributed by atoms with Crippen LogP contribution >= 0.6 is 0 Å². The number of hydrogen-bond donors (Lipinski definition) is 2. The molecule has 1 aromatic carbocycles. The zero-order chi connectivity index (χ0) is 19.8. The predicted octanol–water partition coefficient (Wildman–Crippen LogP) is 3.94. The smallest absolute Gasteiger partial charge is 0.191 e. The summed E-state index contributed by atoms with van der Waals surface area (Å²) < 4.78 is 32.4. The Morgan fingerprint density at radius 2 is 1.96 bits per heavy atom. The van der Waals surface area contributed by atoms with Crippen molar-refractivity contribution in [1.82, 2.24) is 15.8 Å². The summed E-state index contributed by atoms with van der Waals surface area (Å²) in [6.45, 7) is 9.56. The number of aliphatic imine (C=N–C) groups is 1. The summed E-state index contributed by atoms with van der Waals surface area (Å²) in [6.07, 6.45) is 1.56. The van der Waals surface area contributed by atoms with E-state index in [1.807, 2.05) is 27.7 Å². The van der Waals surface area contributed by atoms with Gasteiger partial charge in [-0.1, -0.05) is 32.0 Å². The molecule has 0 spiro atoms. The molecule has 2 rings (SSSR count). The first-order valence-corrected chi connectivity index (χ1v) is 9.43. The highest BCUT2D eigenvalue weighted by Gasteiger charge is 2.14. The van der Waals surface area contributed by atoms with Crippen molar-refractivity contribution in [3.05, 3.63) is 52.4 Å². The van der Waals surface area contributed by atoms with Crippen molar-refractivity contribution in [1.29, 1.82) is 0 Å². The van der Waals surface area contributed by atoms with Crippen LogP contribution < -0.4 is 10.6 Å². The molecule has 0 aliphatic carbocycles. The van der Waals surface area contributed by atoms with Gasteiger partial charge in [-0.2, -0.15) is 0 Å². The minimum Gasteiger partial charge on any atom is -0.361 e. The lowest BCUT2D eigenvalue weighted by Gasteiger charge is -2.17. The number of nitrogens with zero attached hydrogens (tertiary/aromatic N) is 2. The van der Waals surface area contributed by atoms with Gasteiger partial charge in [-0.05, 0) is 25.0 Å². The highest BCUT2D eigenvalue weighted by atomic mass is 19.1. The monoisotopic (exact) mass is 378 g/mol.